The molecule has 0 radical (unpaired) electrons. The van der Waals surface area contributed by atoms with E-state index in [1.807, 2.05) is 32.9 Å². The molecular formula is C31H42N6O5S2. The van der Waals surface area contributed by atoms with Crippen molar-refractivity contribution in [2.45, 2.75) is 102 Å². The molecule has 13 heteroatoms. The van der Waals surface area contributed by atoms with Crippen LogP contribution < -0.4 is 20.7 Å². The molecule has 0 saturated heterocycles. The van der Waals surface area contributed by atoms with Crippen LogP contribution in [0.15, 0.2) is 53.7 Å². The van der Waals surface area contributed by atoms with Crippen LogP contribution in [0.4, 0.5) is 15.3 Å². The van der Waals surface area contributed by atoms with Crippen LogP contribution in [0.3, 0.4) is 0 Å². The van der Waals surface area contributed by atoms with E-state index in [1.54, 1.807) is 51.4 Å². The van der Waals surface area contributed by atoms with Crippen LogP contribution in [0, 0.1) is 0 Å². The van der Waals surface area contributed by atoms with Crippen LogP contribution >= 0.6 is 11.3 Å². The molecule has 44 heavy (non-hydrogen) atoms. The van der Waals surface area contributed by atoms with E-state index in [0.717, 1.165) is 35.6 Å². The van der Waals surface area contributed by atoms with Crippen molar-refractivity contribution in [3.63, 3.8) is 0 Å². The van der Waals surface area contributed by atoms with Crippen molar-refractivity contribution in [3.05, 3.63) is 59.5 Å². The van der Waals surface area contributed by atoms with Crippen LogP contribution in [0.5, 0.6) is 0 Å². The van der Waals surface area contributed by atoms with Gasteiger partial charge in [0.05, 0.1) is 32.6 Å². The van der Waals surface area contributed by atoms with Crippen LogP contribution in [0.2, 0.25) is 0 Å². The molecule has 238 valence electrons. The predicted octanol–water partition coefficient (Wildman–Crippen LogP) is 6.33. The number of aromatic nitrogens is 2. The summed E-state index contributed by atoms with van der Waals surface area (Å²) in [6, 6.07) is 9.55. The summed E-state index contributed by atoms with van der Waals surface area (Å²) in [5.74, 6) is 0.214. The normalized spacial score (nSPS) is 18.0. The molecule has 4 N–H and O–H groups in total. The minimum atomic E-state index is -3.97. The first-order valence-electron chi connectivity index (χ1n) is 14.8. The van der Waals surface area contributed by atoms with Crippen LogP contribution in [0.25, 0.3) is 10.4 Å². The number of hydrogen-bond donors (Lipinski definition) is 4. The Hall–Kier alpha value is -3.55. The second-order valence-electron chi connectivity index (χ2n) is 12.4. The number of rotatable bonds is 9. The van der Waals surface area contributed by atoms with Crippen molar-refractivity contribution in [2.75, 3.05) is 5.32 Å². The first-order chi connectivity index (χ1) is 20.7. The summed E-state index contributed by atoms with van der Waals surface area (Å²) in [4.78, 5) is 34.5. The van der Waals surface area contributed by atoms with E-state index in [9.17, 15) is 18.0 Å². The topological polar surface area (TPSA) is 151 Å². The predicted molar refractivity (Wildman–Crippen MR) is 172 cm³/mol. The molecule has 0 unspecified atom stereocenters. The highest BCUT2D eigenvalue weighted by atomic mass is 32.2. The zero-order valence-corrected chi connectivity index (χ0v) is 27.6. The quantitative estimate of drug-likeness (QED) is 0.213. The molecule has 4 rings (SSSR count). The van der Waals surface area contributed by atoms with Crippen molar-refractivity contribution in [1.82, 2.24) is 25.3 Å². The monoisotopic (exact) mass is 642 g/mol. The fraction of sp³-hybridized carbons (Fsp3) is 0.484. The molecule has 1 fully saturated rings. The highest BCUT2D eigenvalue weighted by molar-refractivity contribution is 7.89. The van der Waals surface area contributed by atoms with Crippen molar-refractivity contribution >= 4 is 39.2 Å². The van der Waals surface area contributed by atoms with Gasteiger partial charge in [0.1, 0.15) is 0 Å². The first-order valence-corrected chi connectivity index (χ1v) is 17.1. The van der Waals surface area contributed by atoms with E-state index < -0.39 is 27.7 Å². The van der Waals surface area contributed by atoms with Crippen LogP contribution in [-0.4, -0.2) is 48.2 Å². The summed E-state index contributed by atoms with van der Waals surface area (Å²) in [6.45, 7) is 10.8. The minimum absolute atomic E-state index is 0.0507. The molecule has 2 heterocycles. The molecule has 1 saturated carbocycles. The van der Waals surface area contributed by atoms with Gasteiger partial charge in [0, 0.05) is 41.1 Å². The summed E-state index contributed by atoms with van der Waals surface area (Å²) < 4.78 is 35.2. The third kappa shape index (κ3) is 9.23. The van der Waals surface area contributed by atoms with Crippen molar-refractivity contribution < 1.29 is 22.7 Å². The largest absolute Gasteiger partial charge is 0.447 e. The Labute approximate surface area is 263 Å². The van der Waals surface area contributed by atoms with Gasteiger partial charge in [0.25, 0.3) is 0 Å². The number of nitrogens with zero attached hydrogens (tertiary/aromatic N) is 2. The van der Waals surface area contributed by atoms with Gasteiger partial charge in [-0.3, -0.25) is 4.98 Å². The number of thiazole rings is 1. The number of pyridine rings is 1. The average molecular weight is 643 g/mol. The van der Waals surface area contributed by atoms with E-state index in [1.165, 1.54) is 17.4 Å². The lowest BCUT2D eigenvalue weighted by Crippen LogP contribution is -2.40. The summed E-state index contributed by atoms with van der Waals surface area (Å²) in [5.41, 5.74) is 0.822. The molecule has 3 aromatic rings. The summed E-state index contributed by atoms with van der Waals surface area (Å²) in [5, 5.41) is 9.47. The standard InChI is InChI=1S/C31H42N6O5S2/c1-19(2)42-30(39)36-22-12-10-21(11-13-22)28-33-18-26(43-28)24-15-14-23(17-27(24)44(40,41)37-31(4,5)6)35-29(38)34-20(3)25-9-7-8-16-32-25/h7-9,14-22,37H,10-13H2,1-6H3,(H,36,39)(H2,34,35,38)/t20-,21-,22-/m1/s1. The minimum Gasteiger partial charge on any atom is -0.447 e. The lowest BCUT2D eigenvalue weighted by molar-refractivity contribution is 0.109. The molecule has 0 aliphatic heterocycles. The zero-order valence-electron chi connectivity index (χ0n) is 26.0. The maximum atomic E-state index is 13.6. The number of carbonyl (C=O) groups excluding carboxylic acids is 2. The number of sulfonamides is 1. The zero-order chi connectivity index (χ0) is 32.1. The second kappa shape index (κ2) is 14.0. The lowest BCUT2D eigenvalue weighted by atomic mass is 9.86. The Kier molecular flexibility index (Phi) is 10.6. The van der Waals surface area contributed by atoms with E-state index in [4.69, 9.17) is 4.74 Å². The van der Waals surface area contributed by atoms with Gasteiger partial charge in [-0.05, 0) is 91.5 Å². The second-order valence-corrected chi connectivity index (χ2v) is 15.1. The van der Waals surface area contributed by atoms with Gasteiger partial charge >= 0.3 is 12.1 Å². The number of benzene rings is 1. The first kappa shape index (κ1) is 33.3. The Balaban J connectivity index is 1.52. The SMILES string of the molecule is CC(C)OC(=O)N[C@H]1CC[C@H](c2ncc(-c3ccc(NC(=O)N[C@H](C)c4ccccn4)cc3S(=O)(=O)NC(C)(C)C)s2)CC1. The lowest BCUT2D eigenvalue weighted by Gasteiger charge is -2.28. The van der Waals surface area contributed by atoms with Gasteiger partial charge in [-0.2, -0.15) is 0 Å². The van der Waals surface area contributed by atoms with Crippen LogP contribution in [-0.2, 0) is 14.8 Å². The van der Waals surface area contributed by atoms with E-state index in [2.05, 4.69) is 30.6 Å². The number of alkyl carbamates (subject to hydrolysis) is 1. The third-order valence-corrected chi connectivity index (χ3v) is 9.97. The smallest absolute Gasteiger partial charge is 0.407 e. The average Bonchev–Trinajstić information content (AvgIpc) is 3.42. The highest BCUT2D eigenvalue weighted by Gasteiger charge is 2.29. The fourth-order valence-electron chi connectivity index (χ4n) is 5.05. The summed E-state index contributed by atoms with van der Waals surface area (Å²) in [7, 11) is -3.97. The maximum absolute atomic E-state index is 13.6. The summed E-state index contributed by atoms with van der Waals surface area (Å²) >= 11 is 1.47. The number of urea groups is 1. The Morgan fingerprint density at radius 1 is 1.02 bits per heavy atom. The molecular weight excluding hydrogens is 601 g/mol. The number of carbonyl (C=O) groups is 2. The van der Waals surface area contributed by atoms with Crippen molar-refractivity contribution in [3.8, 4) is 10.4 Å². The number of hydrogen-bond acceptors (Lipinski definition) is 8. The van der Waals surface area contributed by atoms with Gasteiger partial charge in [0.15, 0.2) is 0 Å². The molecule has 1 aliphatic rings. The molecule has 11 nitrogen and oxygen atoms in total. The van der Waals surface area contributed by atoms with Crippen molar-refractivity contribution in [1.29, 1.82) is 0 Å². The number of nitrogens with one attached hydrogen (secondary N) is 4. The number of amides is 3. The Morgan fingerprint density at radius 2 is 1.75 bits per heavy atom. The fourth-order valence-corrected chi connectivity index (χ4v) is 7.91. The molecule has 3 amide bonds. The molecule has 0 bridgehead atoms. The van der Waals surface area contributed by atoms with Gasteiger partial charge in [-0.15, -0.1) is 11.3 Å². The van der Waals surface area contributed by atoms with Gasteiger partial charge in [-0.1, -0.05) is 12.1 Å². The van der Waals surface area contributed by atoms with Crippen molar-refractivity contribution in [2.24, 2.45) is 0 Å². The third-order valence-electron chi connectivity index (χ3n) is 6.98. The maximum Gasteiger partial charge on any atom is 0.407 e. The highest BCUT2D eigenvalue weighted by Crippen LogP contribution is 2.40. The Morgan fingerprint density at radius 3 is 2.39 bits per heavy atom. The molecule has 1 aromatic carbocycles. The van der Waals surface area contributed by atoms with E-state index in [0.29, 0.717) is 16.9 Å². The van der Waals surface area contributed by atoms with E-state index in [-0.39, 0.29) is 29.0 Å². The molecule has 2 aromatic heterocycles. The number of ether oxygens (including phenoxy) is 1. The van der Waals surface area contributed by atoms with E-state index >= 15 is 0 Å². The summed E-state index contributed by atoms with van der Waals surface area (Å²) in [6.07, 6.45) is 6.13. The number of anilines is 1. The molecule has 0 spiro atoms. The van der Waals surface area contributed by atoms with Crippen LogP contribution in [0.1, 0.15) is 89.9 Å². The van der Waals surface area contributed by atoms with Gasteiger partial charge in [0.2, 0.25) is 10.0 Å². The van der Waals surface area contributed by atoms with Gasteiger partial charge in [-0.25, -0.2) is 27.7 Å². The Bertz CT molecular complexity index is 1540. The van der Waals surface area contributed by atoms with Gasteiger partial charge < -0.3 is 20.7 Å². The molecule has 1 atom stereocenters. The molecule has 1 aliphatic carbocycles.